The molecular weight excluding hydrogens is 336 g/mol. The van der Waals surface area contributed by atoms with Gasteiger partial charge in [-0.15, -0.1) is 0 Å². The van der Waals surface area contributed by atoms with E-state index in [9.17, 15) is 30.3 Å². The number of aliphatic hydroxyl groups is 5. The second kappa shape index (κ2) is 4.86. The SMILES string of the molecule is CC1=C[C@@H]2[C@]3(O)[C@H](C=C(CO)C[C@@]2(O)C1=O)[C@H]1C(C)(C)[C@@]1(O)[C@H](O)[C@@H]3C. The molecule has 0 aromatic rings. The monoisotopic (exact) mass is 364 g/mol. The summed E-state index contributed by atoms with van der Waals surface area (Å²) >= 11 is 0. The summed E-state index contributed by atoms with van der Waals surface area (Å²) < 4.78 is 0. The molecule has 0 heterocycles. The third-order valence-corrected chi connectivity index (χ3v) is 8.04. The van der Waals surface area contributed by atoms with Gasteiger partial charge in [0.15, 0.2) is 5.78 Å². The van der Waals surface area contributed by atoms with E-state index in [2.05, 4.69) is 0 Å². The molecule has 0 aromatic carbocycles. The van der Waals surface area contributed by atoms with Crippen LogP contribution in [0, 0.1) is 29.1 Å². The molecule has 0 aliphatic heterocycles. The lowest BCUT2D eigenvalue weighted by molar-refractivity contribution is -0.209. The van der Waals surface area contributed by atoms with Crippen LogP contribution in [0.1, 0.15) is 34.1 Å². The van der Waals surface area contributed by atoms with Crippen LogP contribution < -0.4 is 0 Å². The van der Waals surface area contributed by atoms with Gasteiger partial charge >= 0.3 is 0 Å². The molecular formula is C20H28O6. The van der Waals surface area contributed by atoms with Crippen LogP contribution in [-0.2, 0) is 4.79 Å². The van der Waals surface area contributed by atoms with Gasteiger partial charge in [-0.1, -0.05) is 32.9 Å². The molecule has 0 amide bonds. The summed E-state index contributed by atoms with van der Waals surface area (Å²) in [6.07, 6.45) is 2.08. The molecule has 5 N–H and O–H groups in total. The topological polar surface area (TPSA) is 118 Å². The minimum Gasteiger partial charge on any atom is -0.392 e. The molecule has 4 aliphatic rings. The zero-order valence-electron chi connectivity index (χ0n) is 15.6. The summed E-state index contributed by atoms with van der Waals surface area (Å²) in [5, 5.41) is 54.9. The molecule has 0 unspecified atom stereocenters. The summed E-state index contributed by atoms with van der Waals surface area (Å²) in [6.45, 7) is 6.63. The predicted molar refractivity (Wildman–Crippen MR) is 92.8 cm³/mol. The second-order valence-corrected chi connectivity index (χ2v) is 9.41. The Bertz CT molecular complexity index is 753. The maximum Gasteiger partial charge on any atom is 0.190 e. The van der Waals surface area contributed by atoms with Crippen LogP contribution in [0.3, 0.4) is 0 Å². The average Bonchev–Trinajstić information content (AvgIpc) is 2.97. The third-order valence-electron chi connectivity index (χ3n) is 8.04. The first kappa shape index (κ1) is 18.3. The molecule has 4 aliphatic carbocycles. The highest BCUT2D eigenvalue weighted by molar-refractivity contribution is 6.04. The van der Waals surface area contributed by atoms with Crippen LogP contribution in [0.4, 0.5) is 0 Å². The van der Waals surface area contributed by atoms with Crippen LogP contribution in [0.2, 0.25) is 0 Å². The van der Waals surface area contributed by atoms with E-state index >= 15 is 0 Å². The smallest absolute Gasteiger partial charge is 0.190 e. The van der Waals surface area contributed by atoms with Crippen LogP contribution in [-0.4, -0.2) is 60.8 Å². The van der Waals surface area contributed by atoms with Crippen LogP contribution in [0.15, 0.2) is 23.3 Å². The number of fused-ring (bicyclic) bond motifs is 5. The number of rotatable bonds is 1. The fraction of sp³-hybridized carbons (Fsp3) is 0.750. The normalized spacial score (nSPS) is 54.5. The van der Waals surface area contributed by atoms with Gasteiger partial charge in [0, 0.05) is 35.5 Å². The third kappa shape index (κ3) is 1.69. The van der Waals surface area contributed by atoms with Gasteiger partial charge < -0.3 is 25.5 Å². The molecule has 8 atom stereocenters. The molecule has 0 bridgehead atoms. The minimum absolute atomic E-state index is 0.0615. The molecule has 6 heteroatoms. The van der Waals surface area contributed by atoms with Gasteiger partial charge in [0.2, 0.25) is 0 Å². The zero-order valence-corrected chi connectivity index (χ0v) is 15.6. The van der Waals surface area contributed by atoms with Gasteiger partial charge in [-0.05, 0) is 18.1 Å². The molecule has 0 spiro atoms. The first-order valence-corrected chi connectivity index (χ1v) is 9.27. The molecule has 2 fully saturated rings. The van der Waals surface area contributed by atoms with Crippen molar-refractivity contribution in [2.75, 3.05) is 6.61 Å². The number of hydrogen-bond acceptors (Lipinski definition) is 6. The number of aliphatic hydroxyl groups excluding tert-OH is 2. The number of carbonyl (C=O) groups excluding carboxylic acids is 1. The predicted octanol–water partition coefficient (Wildman–Crippen LogP) is -0.0699. The van der Waals surface area contributed by atoms with Crippen molar-refractivity contribution in [3.8, 4) is 0 Å². The fourth-order valence-electron chi connectivity index (χ4n) is 6.45. The second-order valence-electron chi connectivity index (χ2n) is 9.41. The van der Waals surface area contributed by atoms with Gasteiger partial charge in [0.05, 0.1) is 18.3 Å². The Hall–Kier alpha value is -1.05. The van der Waals surface area contributed by atoms with Crippen LogP contribution in [0.25, 0.3) is 0 Å². The molecule has 2 saturated carbocycles. The minimum atomic E-state index is -1.84. The van der Waals surface area contributed by atoms with Gasteiger partial charge in [0.25, 0.3) is 0 Å². The Balaban J connectivity index is 1.96. The summed E-state index contributed by atoms with van der Waals surface area (Å²) in [7, 11) is 0. The number of hydrogen-bond donors (Lipinski definition) is 5. The zero-order chi connectivity index (χ0) is 19.4. The number of carbonyl (C=O) groups is 1. The van der Waals surface area contributed by atoms with Crippen molar-refractivity contribution in [3.05, 3.63) is 23.3 Å². The Kier molecular flexibility index (Phi) is 3.42. The quantitative estimate of drug-likeness (QED) is 0.416. The Morgan fingerprint density at radius 2 is 1.81 bits per heavy atom. The van der Waals surface area contributed by atoms with E-state index in [1.54, 1.807) is 26.0 Å². The van der Waals surface area contributed by atoms with Crippen molar-refractivity contribution in [1.29, 1.82) is 0 Å². The van der Waals surface area contributed by atoms with Gasteiger partial charge in [-0.25, -0.2) is 0 Å². The van der Waals surface area contributed by atoms with Crippen molar-refractivity contribution < 1.29 is 30.3 Å². The molecule has 4 rings (SSSR count). The van der Waals surface area contributed by atoms with Gasteiger partial charge in [0.1, 0.15) is 11.2 Å². The Labute approximate surface area is 152 Å². The van der Waals surface area contributed by atoms with Crippen molar-refractivity contribution in [1.82, 2.24) is 0 Å². The highest BCUT2D eigenvalue weighted by Crippen LogP contribution is 2.74. The van der Waals surface area contributed by atoms with Crippen molar-refractivity contribution in [2.45, 2.75) is 57.0 Å². The lowest BCUT2D eigenvalue weighted by Gasteiger charge is -2.51. The van der Waals surface area contributed by atoms with Crippen molar-refractivity contribution >= 4 is 5.78 Å². The summed E-state index contributed by atoms with van der Waals surface area (Å²) in [4.78, 5) is 12.7. The highest BCUT2D eigenvalue weighted by Gasteiger charge is 2.84. The van der Waals surface area contributed by atoms with Gasteiger partial charge in [-0.2, -0.15) is 0 Å². The fourth-order valence-corrected chi connectivity index (χ4v) is 6.45. The first-order chi connectivity index (χ1) is 11.9. The lowest BCUT2D eigenvalue weighted by Crippen LogP contribution is -2.65. The Morgan fingerprint density at radius 1 is 1.19 bits per heavy atom. The van der Waals surface area contributed by atoms with E-state index in [4.69, 9.17) is 0 Å². The van der Waals surface area contributed by atoms with Crippen molar-refractivity contribution in [2.24, 2.45) is 29.1 Å². The van der Waals surface area contributed by atoms with E-state index in [1.807, 2.05) is 13.8 Å². The maximum absolute atomic E-state index is 12.7. The largest absolute Gasteiger partial charge is 0.392 e. The van der Waals surface area contributed by atoms with Crippen molar-refractivity contribution in [3.63, 3.8) is 0 Å². The Morgan fingerprint density at radius 3 is 2.38 bits per heavy atom. The summed E-state index contributed by atoms with van der Waals surface area (Å²) in [5.41, 5.74) is -4.57. The molecule has 144 valence electrons. The maximum atomic E-state index is 12.7. The number of ketones is 1. The molecule has 6 nitrogen and oxygen atoms in total. The van der Waals surface area contributed by atoms with E-state index in [0.717, 1.165) is 0 Å². The molecule has 26 heavy (non-hydrogen) atoms. The number of Topliss-reactive ketones (excluding diaryl/α,β-unsaturated/α-hetero) is 1. The first-order valence-electron chi connectivity index (χ1n) is 9.27. The molecule has 0 radical (unpaired) electrons. The van der Waals surface area contributed by atoms with E-state index in [0.29, 0.717) is 11.1 Å². The summed E-state index contributed by atoms with van der Waals surface area (Å²) in [6, 6.07) is 0. The lowest BCUT2D eigenvalue weighted by atomic mass is 9.59. The van der Waals surface area contributed by atoms with E-state index in [-0.39, 0.29) is 13.0 Å². The van der Waals surface area contributed by atoms with E-state index < -0.39 is 57.8 Å². The van der Waals surface area contributed by atoms with Crippen LogP contribution >= 0.6 is 0 Å². The highest BCUT2D eigenvalue weighted by atomic mass is 16.4. The van der Waals surface area contributed by atoms with Crippen LogP contribution in [0.5, 0.6) is 0 Å². The summed E-state index contributed by atoms with van der Waals surface area (Å²) in [5.74, 6) is -3.14. The average molecular weight is 364 g/mol. The van der Waals surface area contributed by atoms with Gasteiger partial charge in [-0.3, -0.25) is 4.79 Å². The van der Waals surface area contributed by atoms with E-state index in [1.165, 1.54) is 0 Å². The standard InChI is InChI=1S/C20H28O6/c1-9-5-13-18(24,15(9)22)7-11(8-21)6-12-14-17(3,4)20(14,26)16(23)10(2)19(12,13)25/h5-6,10,12-14,16,21,23-26H,7-8H2,1-4H3/t10-,12+,13-,14-,16+,18-,19+,20-/m0/s1. The molecule has 0 saturated heterocycles. The molecule has 0 aromatic heterocycles.